The fourth-order valence-corrected chi connectivity index (χ4v) is 3.23. The average molecular weight is 402 g/mol. The summed E-state index contributed by atoms with van der Waals surface area (Å²) < 4.78 is 21.7. The Bertz CT molecular complexity index is 912. The number of anilines is 2. The van der Waals surface area contributed by atoms with Gasteiger partial charge in [0.25, 0.3) is 5.88 Å². The standard InChI is InChI=1S/C20H27FN6O2/c1-12-16(9-27(26-12)20(3,4)11-22)24-19-23-13(2)17(21)18(25-19)29-10-14-5-7-15(28)8-6-14/h9,14-15,28H,5-8,10H2,1-4H3,(H,23,24,25)/t14-,15-. The molecule has 2 N–H and O–H groups in total. The number of halogens is 1. The van der Waals surface area contributed by atoms with E-state index >= 15 is 0 Å². The molecule has 0 bridgehead atoms. The summed E-state index contributed by atoms with van der Waals surface area (Å²) in [5.41, 5.74) is 0.680. The van der Waals surface area contributed by atoms with E-state index in [1.165, 1.54) is 0 Å². The Labute approximate surface area is 169 Å². The average Bonchev–Trinajstić information content (AvgIpc) is 3.06. The van der Waals surface area contributed by atoms with Gasteiger partial charge in [-0.3, -0.25) is 4.68 Å². The summed E-state index contributed by atoms with van der Waals surface area (Å²) in [7, 11) is 0. The van der Waals surface area contributed by atoms with Gasteiger partial charge in [-0.05, 0) is 59.3 Å². The molecular formula is C20H27FN6O2. The van der Waals surface area contributed by atoms with Crippen molar-refractivity contribution in [3.8, 4) is 11.9 Å². The number of aromatic nitrogens is 4. The van der Waals surface area contributed by atoms with Crippen molar-refractivity contribution in [1.29, 1.82) is 5.26 Å². The van der Waals surface area contributed by atoms with E-state index in [4.69, 9.17) is 4.74 Å². The summed E-state index contributed by atoms with van der Waals surface area (Å²) >= 11 is 0. The number of ether oxygens (including phenoxy) is 1. The molecule has 0 saturated heterocycles. The van der Waals surface area contributed by atoms with Gasteiger partial charge >= 0.3 is 0 Å². The summed E-state index contributed by atoms with van der Waals surface area (Å²) in [6.45, 7) is 7.24. The van der Waals surface area contributed by atoms with Crippen LogP contribution in [0.3, 0.4) is 0 Å². The van der Waals surface area contributed by atoms with Crippen molar-refractivity contribution in [2.75, 3.05) is 11.9 Å². The van der Waals surface area contributed by atoms with Crippen molar-refractivity contribution in [2.45, 2.75) is 65.0 Å². The van der Waals surface area contributed by atoms with E-state index in [0.29, 0.717) is 18.0 Å². The molecule has 0 atom stereocenters. The molecule has 0 aromatic carbocycles. The first-order chi connectivity index (χ1) is 13.7. The lowest BCUT2D eigenvalue weighted by Gasteiger charge is -2.25. The minimum atomic E-state index is -0.799. The van der Waals surface area contributed by atoms with Crippen LogP contribution in [-0.4, -0.2) is 37.6 Å². The minimum absolute atomic E-state index is 0.0893. The first-order valence-corrected chi connectivity index (χ1v) is 9.79. The topological polar surface area (TPSA) is 109 Å². The maximum Gasteiger partial charge on any atom is 0.255 e. The molecule has 2 heterocycles. The highest BCUT2D eigenvalue weighted by atomic mass is 19.1. The fraction of sp³-hybridized carbons (Fsp3) is 0.600. The number of hydrogen-bond donors (Lipinski definition) is 2. The number of aliphatic hydroxyl groups excluding tert-OH is 1. The highest BCUT2D eigenvalue weighted by Gasteiger charge is 2.23. The van der Waals surface area contributed by atoms with Crippen LogP contribution in [0.25, 0.3) is 0 Å². The zero-order valence-electron chi connectivity index (χ0n) is 17.2. The van der Waals surface area contributed by atoms with Gasteiger partial charge in [0.1, 0.15) is 5.54 Å². The molecule has 2 aromatic heterocycles. The van der Waals surface area contributed by atoms with Crippen LogP contribution in [0.4, 0.5) is 16.0 Å². The van der Waals surface area contributed by atoms with E-state index in [1.54, 1.807) is 38.6 Å². The smallest absolute Gasteiger partial charge is 0.255 e. The van der Waals surface area contributed by atoms with Crippen LogP contribution < -0.4 is 10.1 Å². The summed E-state index contributed by atoms with van der Waals surface area (Å²) in [5.74, 6) is -0.188. The van der Waals surface area contributed by atoms with Crippen molar-refractivity contribution in [1.82, 2.24) is 19.7 Å². The molecule has 8 nitrogen and oxygen atoms in total. The molecule has 0 spiro atoms. The second-order valence-corrected chi connectivity index (χ2v) is 8.11. The van der Waals surface area contributed by atoms with Crippen molar-refractivity contribution in [3.05, 3.63) is 23.4 Å². The Morgan fingerprint density at radius 2 is 1.97 bits per heavy atom. The zero-order valence-corrected chi connectivity index (χ0v) is 17.2. The number of nitrogens with one attached hydrogen (secondary N) is 1. The van der Waals surface area contributed by atoms with Gasteiger partial charge in [0.2, 0.25) is 11.8 Å². The van der Waals surface area contributed by atoms with Gasteiger partial charge in [0.05, 0.1) is 42.1 Å². The van der Waals surface area contributed by atoms with Gasteiger partial charge in [-0.25, -0.2) is 4.98 Å². The van der Waals surface area contributed by atoms with Crippen LogP contribution in [0, 0.1) is 36.9 Å². The van der Waals surface area contributed by atoms with E-state index in [9.17, 15) is 14.8 Å². The second-order valence-electron chi connectivity index (χ2n) is 8.11. The minimum Gasteiger partial charge on any atom is -0.475 e. The number of aliphatic hydroxyl groups is 1. The lowest BCUT2D eigenvalue weighted by Crippen LogP contribution is -2.24. The van der Waals surface area contributed by atoms with E-state index in [2.05, 4.69) is 26.5 Å². The quantitative estimate of drug-likeness (QED) is 0.762. The summed E-state index contributed by atoms with van der Waals surface area (Å²) in [6.07, 6.45) is 4.66. The largest absolute Gasteiger partial charge is 0.475 e. The Kier molecular flexibility index (Phi) is 6.03. The van der Waals surface area contributed by atoms with Crippen LogP contribution in [0.15, 0.2) is 6.20 Å². The molecule has 1 aliphatic carbocycles. The normalized spacial score (nSPS) is 19.6. The molecule has 1 fully saturated rings. The molecule has 1 aliphatic rings. The predicted octanol–water partition coefficient (Wildman–Crippen LogP) is 3.36. The Hall–Kier alpha value is -2.73. The van der Waals surface area contributed by atoms with Crippen LogP contribution in [0.1, 0.15) is 50.9 Å². The molecule has 0 radical (unpaired) electrons. The van der Waals surface area contributed by atoms with Crippen molar-refractivity contribution in [3.63, 3.8) is 0 Å². The van der Waals surface area contributed by atoms with Gasteiger partial charge in [-0.15, -0.1) is 0 Å². The zero-order chi connectivity index (χ0) is 21.2. The Morgan fingerprint density at radius 3 is 2.62 bits per heavy atom. The van der Waals surface area contributed by atoms with Crippen LogP contribution in [-0.2, 0) is 5.54 Å². The van der Waals surface area contributed by atoms with E-state index in [0.717, 1.165) is 25.7 Å². The lowest BCUT2D eigenvalue weighted by molar-refractivity contribution is 0.0898. The maximum atomic E-state index is 14.5. The summed E-state index contributed by atoms with van der Waals surface area (Å²) in [4.78, 5) is 8.34. The number of hydrogen-bond acceptors (Lipinski definition) is 7. The van der Waals surface area contributed by atoms with Crippen LogP contribution in [0.2, 0.25) is 0 Å². The molecule has 29 heavy (non-hydrogen) atoms. The molecular weight excluding hydrogens is 375 g/mol. The number of nitriles is 1. The number of nitrogens with zero attached hydrogens (tertiary/aromatic N) is 5. The molecule has 9 heteroatoms. The SMILES string of the molecule is Cc1nn(C(C)(C)C#N)cc1Nc1nc(C)c(F)c(OC[C@H]2CC[C@H](O)CC2)n1. The third-order valence-corrected chi connectivity index (χ3v) is 5.25. The molecule has 0 aliphatic heterocycles. The third-order valence-electron chi connectivity index (χ3n) is 5.25. The van der Waals surface area contributed by atoms with Gasteiger partial charge in [-0.1, -0.05) is 0 Å². The fourth-order valence-electron chi connectivity index (χ4n) is 3.23. The first kappa shape index (κ1) is 21.0. The summed E-state index contributed by atoms with van der Waals surface area (Å²) in [6, 6.07) is 2.19. The molecule has 3 rings (SSSR count). The highest BCUT2D eigenvalue weighted by molar-refractivity contribution is 5.55. The molecule has 0 amide bonds. The lowest BCUT2D eigenvalue weighted by atomic mass is 9.88. The predicted molar refractivity (Wildman–Crippen MR) is 105 cm³/mol. The molecule has 0 unspecified atom stereocenters. The van der Waals surface area contributed by atoms with Crippen molar-refractivity contribution < 1.29 is 14.2 Å². The third kappa shape index (κ3) is 4.82. The molecule has 2 aromatic rings. The van der Waals surface area contributed by atoms with E-state index in [-0.39, 0.29) is 29.5 Å². The summed E-state index contributed by atoms with van der Waals surface area (Å²) in [5, 5.41) is 26.3. The first-order valence-electron chi connectivity index (χ1n) is 9.79. The van der Waals surface area contributed by atoms with Gasteiger partial charge in [0, 0.05) is 0 Å². The monoisotopic (exact) mass is 402 g/mol. The maximum absolute atomic E-state index is 14.5. The molecule has 1 saturated carbocycles. The van der Waals surface area contributed by atoms with Gasteiger partial charge in [0.15, 0.2) is 0 Å². The van der Waals surface area contributed by atoms with Crippen LogP contribution in [0.5, 0.6) is 5.88 Å². The van der Waals surface area contributed by atoms with Crippen LogP contribution >= 0.6 is 0 Å². The Morgan fingerprint density at radius 1 is 1.28 bits per heavy atom. The van der Waals surface area contributed by atoms with E-state index in [1.807, 2.05) is 0 Å². The molecule has 156 valence electrons. The van der Waals surface area contributed by atoms with Crippen molar-refractivity contribution >= 4 is 11.6 Å². The number of aryl methyl sites for hydroxylation is 2. The number of rotatable bonds is 6. The van der Waals surface area contributed by atoms with Crippen molar-refractivity contribution in [2.24, 2.45) is 5.92 Å². The second kappa shape index (κ2) is 8.33. The van der Waals surface area contributed by atoms with Gasteiger partial charge in [-0.2, -0.15) is 19.7 Å². The Balaban J connectivity index is 1.75. The highest BCUT2D eigenvalue weighted by Crippen LogP contribution is 2.27. The van der Waals surface area contributed by atoms with E-state index < -0.39 is 11.4 Å². The van der Waals surface area contributed by atoms with Gasteiger partial charge < -0.3 is 15.2 Å².